The van der Waals surface area contributed by atoms with Crippen molar-refractivity contribution in [1.82, 2.24) is 14.7 Å². The van der Waals surface area contributed by atoms with Gasteiger partial charge >= 0.3 is 0 Å². The quantitative estimate of drug-likeness (QED) is 0.887. The van der Waals surface area contributed by atoms with E-state index in [1.165, 1.54) is 0 Å². The van der Waals surface area contributed by atoms with Crippen LogP contribution >= 0.6 is 11.6 Å². The molecule has 0 atom stereocenters. The van der Waals surface area contributed by atoms with E-state index in [0.717, 1.165) is 37.3 Å². The molecule has 2 aromatic rings. The van der Waals surface area contributed by atoms with Crippen LogP contribution in [0.25, 0.3) is 5.65 Å². The second-order valence-corrected chi connectivity index (χ2v) is 5.40. The SMILES string of the molecule is OC1CC(CNCc2cn3cc(Cl)ccc3n2)C1. The molecule has 0 bridgehead atoms. The number of halogens is 1. The van der Waals surface area contributed by atoms with Gasteiger partial charge in [0.05, 0.1) is 16.8 Å². The van der Waals surface area contributed by atoms with Gasteiger partial charge in [-0.3, -0.25) is 0 Å². The zero-order chi connectivity index (χ0) is 12.5. The van der Waals surface area contributed by atoms with Gasteiger partial charge in [-0.05, 0) is 37.4 Å². The molecule has 1 fully saturated rings. The molecule has 0 spiro atoms. The Balaban J connectivity index is 1.57. The minimum atomic E-state index is -0.0749. The number of aromatic nitrogens is 2. The Morgan fingerprint density at radius 3 is 3.00 bits per heavy atom. The van der Waals surface area contributed by atoms with E-state index >= 15 is 0 Å². The number of rotatable bonds is 4. The van der Waals surface area contributed by atoms with Gasteiger partial charge in [-0.2, -0.15) is 0 Å². The van der Waals surface area contributed by atoms with E-state index < -0.39 is 0 Å². The second kappa shape index (κ2) is 4.88. The Morgan fingerprint density at radius 1 is 1.39 bits per heavy atom. The van der Waals surface area contributed by atoms with Gasteiger partial charge in [-0.1, -0.05) is 11.6 Å². The van der Waals surface area contributed by atoms with Crippen molar-refractivity contribution in [3.8, 4) is 0 Å². The van der Waals surface area contributed by atoms with Crippen molar-refractivity contribution >= 4 is 17.2 Å². The summed E-state index contributed by atoms with van der Waals surface area (Å²) >= 11 is 5.93. The molecule has 5 heteroatoms. The molecule has 2 N–H and O–H groups in total. The number of pyridine rings is 1. The van der Waals surface area contributed by atoms with Crippen LogP contribution in [0.3, 0.4) is 0 Å². The van der Waals surface area contributed by atoms with Crippen LogP contribution in [0.15, 0.2) is 24.5 Å². The highest BCUT2D eigenvalue weighted by atomic mass is 35.5. The molecule has 0 saturated heterocycles. The van der Waals surface area contributed by atoms with E-state index in [2.05, 4.69) is 10.3 Å². The predicted molar refractivity (Wildman–Crippen MR) is 70.6 cm³/mol. The number of aliphatic hydroxyl groups is 1. The number of nitrogens with zero attached hydrogens (tertiary/aromatic N) is 2. The van der Waals surface area contributed by atoms with Crippen molar-refractivity contribution in [2.45, 2.75) is 25.5 Å². The first kappa shape index (κ1) is 12.0. The normalized spacial score (nSPS) is 23.2. The van der Waals surface area contributed by atoms with Gasteiger partial charge in [0.2, 0.25) is 0 Å². The molecule has 0 radical (unpaired) electrons. The lowest BCUT2D eigenvalue weighted by molar-refractivity contribution is 0.0429. The largest absolute Gasteiger partial charge is 0.393 e. The third-order valence-corrected chi connectivity index (χ3v) is 3.64. The molecule has 2 heterocycles. The average molecular weight is 266 g/mol. The van der Waals surface area contributed by atoms with E-state index in [9.17, 15) is 5.11 Å². The summed E-state index contributed by atoms with van der Waals surface area (Å²) in [6.07, 6.45) is 5.62. The summed E-state index contributed by atoms with van der Waals surface area (Å²) in [7, 11) is 0. The maximum atomic E-state index is 9.20. The summed E-state index contributed by atoms with van der Waals surface area (Å²) in [4.78, 5) is 4.50. The van der Waals surface area contributed by atoms with E-state index in [4.69, 9.17) is 11.6 Å². The summed E-state index contributed by atoms with van der Waals surface area (Å²) in [5.74, 6) is 0.617. The average Bonchev–Trinajstić information content (AvgIpc) is 2.68. The fraction of sp³-hybridized carbons (Fsp3) is 0.462. The van der Waals surface area contributed by atoms with Gasteiger partial charge in [0.25, 0.3) is 0 Å². The highest BCUT2D eigenvalue weighted by Gasteiger charge is 2.26. The van der Waals surface area contributed by atoms with Crippen LogP contribution in [0.4, 0.5) is 0 Å². The van der Waals surface area contributed by atoms with Gasteiger partial charge in [-0.15, -0.1) is 0 Å². The molecule has 2 aromatic heterocycles. The molecule has 0 aliphatic heterocycles. The number of imidazole rings is 1. The Kier molecular flexibility index (Phi) is 3.24. The van der Waals surface area contributed by atoms with Crippen molar-refractivity contribution in [1.29, 1.82) is 0 Å². The highest BCUT2D eigenvalue weighted by molar-refractivity contribution is 6.30. The number of fused-ring (bicyclic) bond motifs is 1. The van der Waals surface area contributed by atoms with Crippen molar-refractivity contribution in [3.63, 3.8) is 0 Å². The molecule has 96 valence electrons. The fourth-order valence-electron chi connectivity index (χ4n) is 2.37. The first-order chi connectivity index (χ1) is 8.70. The number of aliphatic hydroxyl groups excluding tert-OH is 1. The molecule has 3 rings (SSSR count). The summed E-state index contributed by atoms with van der Waals surface area (Å²) in [5.41, 5.74) is 1.92. The van der Waals surface area contributed by atoms with Crippen LogP contribution in [0.5, 0.6) is 0 Å². The van der Waals surface area contributed by atoms with Crippen LogP contribution in [-0.2, 0) is 6.54 Å². The van der Waals surface area contributed by atoms with Crippen molar-refractivity contribution < 1.29 is 5.11 Å². The summed E-state index contributed by atoms with van der Waals surface area (Å²) in [6, 6.07) is 3.75. The van der Waals surface area contributed by atoms with Crippen LogP contribution < -0.4 is 5.32 Å². The Bertz CT molecular complexity index is 548. The third-order valence-electron chi connectivity index (χ3n) is 3.41. The third kappa shape index (κ3) is 2.51. The standard InChI is InChI=1S/C13H16ClN3O/c14-10-1-2-13-16-11(8-17(13)7-10)6-15-5-9-3-12(18)4-9/h1-2,7-9,12,15,18H,3-6H2. The van der Waals surface area contributed by atoms with Crippen LogP contribution in [0, 0.1) is 5.92 Å². The molecular formula is C13H16ClN3O. The van der Waals surface area contributed by atoms with E-state index in [1.807, 2.05) is 28.9 Å². The molecular weight excluding hydrogens is 250 g/mol. The van der Waals surface area contributed by atoms with Crippen molar-refractivity contribution in [3.05, 3.63) is 35.2 Å². The molecule has 1 aliphatic rings. The van der Waals surface area contributed by atoms with Crippen LogP contribution in [-0.4, -0.2) is 27.1 Å². The minimum Gasteiger partial charge on any atom is -0.393 e. The lowest BCUT2D eigenvalue weighted by Gasteiger charge is -2.31. The summed E-state index contributed by atoms with van der Waals surface area (Å²) < 4.78 is 1.94. The first-order valence-electron chi connectivity index (χ1n) is 6.22. The predicted octanol–water partition coefficient (Wildman–Crippen LogP) is 1.85. The van der Waals surface area contributed by atoms with Crippen LogP contribution in [0.1, 0.15) is 18.5 Å². The summed E-state index contributed by atoms with van der Waals surface area (Å²) in [5, 5.41) is 13.3. The van der Waals surface area contributed by atoms with E-state index in [0.29, 0.717) is 10.9 Å². The lowest BCUT2D eigenvalue weighted by Crippen LogP contribution is -2.35. The minimum absolute atomic E-state index is 0.0749. The Morgan fingerprint density at radius 2 is 2.22 bits per heavy atom. The van der Waals surface area contributed by atoms with Gasteiger partial charge in [0, 0.05) is 18.9 Å². The van der Waals surface area contributed by atoms with Crippen molar-refractivity contribution in [2.75, 3.05) is 6.54 Å². The molecule has 0 amide bonds. The Labute approximate surface area is 111 Å². The molecule has 0 aromatic carbocycles. The lowest BCUT2D eigenvalue weighted by atomic mass is 9.82. The fourth-order valence-corrected chi connectivity index (χ4v) is 2.54. The maximum absolute atomic E-state index is 9.20. The summed E-state index contributed by atoms with van der Waals surface area (Å²) in [6.45, 7) is 1.71. The molecule has 18 heavy (non-hydrogen) atoms. The second-order valence-electron chi connectivity index (χ2n) is 4.97. The number of hydrogen-bond donors (Lipinski definition) is 2. The first-order valence-corrected chi connectivity index (χ1v) is 6.60. The van der Waals surface area contributed by atoms with Gasteiger partial charge in [0.15, 0.2) is 0 Å². The van der Waals surface area contributed by atoms with Crippen LogP contribution in [0.2, 0.25) is 5.02 Å². The Hall–Kier alpha value is -1.10. The molecule has 1 saturated carbocycles. The zero-order valence-electron chi connectivity index (χ0n) is 10.0. The molecule has 0 unspecified atom stereocenters. The zero-order valence-corrected chi connectivity index (χ0v) is 10.8. The van der Waals surface area contributed by atoms with E-state index in [-0.39, 0.29) is 6.10 Å². The highest BCUT2D eigenvalue weighted by Crippen LogP contribution is 2.26. The number of hydrogen-bond acceptors (Lipinski definition) is 3. The maximum Gasteiger partial charge on any atom is 0.137 e. The molecule has 4 nitrogen and oxygen atoms in total. The van der Waals surface area contributed by atoms with Gasteiger partial charge in [0.1, 0.15) is 5.65 Å². The smallest absolute Gasteiger partial charge is 0.137 e. The van der Waals surface area contributed by atoms with Gasteiger partial charge < -0.3 is 14.8 Å². The van der Waals surface area contributed by atoms with E-state index in [1.54, 1.807) is 0 Å². The van der Waals surface area contributed by atoms with Crippen molar-refractivity contribution in [2.24, 2.45) is 5.92 Å². The van der Waals surface area contributed by atoms with Gasteiger partial charge in [-0.25, -0.2) is 4.98 Å². The monoisotopic (exact) mass is 265 g/mol. The number of nitrogens with one attached hydrogen (secondary N) is 1. The molecule has 1 aliphatic carbocycles. The topological polar surface area (TPSA) is 49.6 Å².